The van der Waals surface area contributed by atoms with Crippen LogP contribution in [-0.4, -0.2) is 36.2 Å². The van der Waals surface area contributed by atoms with Gasteiger partial charge in [0.1, 0.15) is 6.61 Å². The molecule has 0 saturated carbocycles. The fraction of sp³-hybridized carbons (Fsp3) is 0.727. The molecule has 4 heteroatoms. The molecular weight excluding hydrogens is 192 g/mol. The maximum atomic E-state index is 11.6. The van der Waals surface area contributed by atoms with Gasteiger partial charge in [0.05, 0.1) is 0 Å². The Bertz CT molecular complexity index is 238. The van der Waals surface area contributed by atoms with Crippen molar-refractivity contribution in [2.45, 2.75) is 32.7 Å². The lowest BCUT2D eigenvalue weighted by Gasteiger charge is -2.34. The Morgan fingerprint density at radius 3 is 2.53 bits per heavy atom. The maximum Gasteiger partial charge on any atom is 0.410 e. The molecule has 0 heterocycles. The molecule has 0 saturated heterocycles. The molecule has 0 aromatic heterocycles. The molecule has 0 rings (SSSR count). The van der Waals surface area contributed by atoms with E-state index in [1.54, 1.807) is 4.90 Å². The van der Waals surface area contributed by atoms with Crippen molar-refractivity contribution in [2.75, 3.05) is 19.7 Å². The van der Waals surface area contributed by atoms with Crippen molar-refractivity contribution in [1.82, 2.24) is 4.90 Å². The Morgan fingerprint density at radius 1 is 1.53 bits per heavy atom. The van der Waals surface area contributed by atoms with Crippen LogP contribution in [0.3, 0.4) is 0 Å². The van der Waals surface area contributed by atoms with Crippen LogP contribution in [-0.2, 0) is 4.74 Å². The predicted octanol–water partition coefficient (Wildman–Crippen LogP) is 1.21. The molecule has 0 aliphatic heterocycles. The van der Waals surface area contributed by atoms with E-state index < -0.39 is 0 Å². The van der Waals surface area contributed by atoms with Gasteiger partial charge in [-0.15, -0.1) is 12.3 Å². The molecule has 0 fully saturated rings. The molecule has 2 N–H and O–H groups in total. The number of terminal acetylenes is 1. The van der Waals surface area contributed by atoms with E-state index in [1.807, 2.05) is 20.8 Å². The number of carbonyl (C=O) groups excluding carboxylic acids is 1. The second-order valence-corrected chi connectivity index (χ2v) is 4.18. The van der Waals surface area contributed by atoms with Gasteiger partial charge in [-0.2, -0.15) is 0 Å². The third-order valence-corrected chi connectivity index (χ3v) is 1.85. The zero-order valence-electron chi connectivity index (χ0n) is 9.75. The summed E-state index contributed by atoms with van der Waals surface area (Å²) in [5.41, 5.74) is 4.97. The number of nitrogens with zero attached hydrogens (tertiary/aromatic N) is 1. The first-order chi connectivity index (χ1) is 6.93. The van der Waals surface area contributed by atoms with Gasteiger partial charge in [0.25, 0.3) is 0 Å². The van der Waals surface area contributed by atoms with Crippen LogP contribution in [0.15, 0.2) is 0 Å². The van der Waals surface area contributed by atoms with Gasteiger partial charge in [0, 0.05) is 25.0 Å². The van der Waals surface area contributed by atoms with Gasteiger partial charge in [-0.1, -0.05) is 0 Å². The van der Waals surface area contributed by atoms with Crippen molar-refractivity contribution >= 4 is 6.09 Å². The molecule has 1 amide bonds. The Hall–Kier alpha value is -1.21. The molecule has 86 valence electrons. The lowest BCUT2D eigenvalue weighted by Crippen LogP contribution is -2.46. The van der Waals surface area contributed by atoms with Crippen LogP contribution in [0.4, 0.5) is 4.79 Å². The van der Waals surface area contributed by atoms with E-state index in [9.17, 15) is 4.79 Å². The summed E-state index contributed by atoms with van der Waals surface area (Å²) in [6, 6.07) is 0. The maximum absolute atomic E-state index is 11.6. The summed E-state index contributed by atoms with van der Waals surface area (Å²) in [6.45, 7) is 6.89. The smallest absolute Gasteiger partial charge is 0.410 e. The van der Waals surface area contributed by atoms with Gasteiger partial charge in [-0.3, -0.25) is 0 Å². The van der Waals surface area contributed by atoms with E-state index >= 15 is 0 Å². The molecule has 0 radical (unpaired) electrons. The molecule has 15 heavy (non-hydrogen) atoms. The zero-order valence-corrected chi connectivity index (χ0v) is 9.75. The first-order valence-corrected chi connectivity index (χ1v) is 5.01. The number of carbonyl (C=O) groups is 1. The largest absolute Gasteiger partial charge is 0.448 e. The standard InChI is InChI=1S/C11H20N2O2/c1-5-6-8-13(11(2,3)4)10(14)15-9-7-12/h1H,6-9,12H2,2-4H3. The van der Waals surface area contributed by atoms with Crippen LogP contribution in [0.2, 0.25) is 0 Å². The molecule has 0 spiro atoms. The number of ether oxygens (including phenoxy) is 1. The molecule has 0 aromatic carbocycles. The van der Waals surface area contributed by atoms with Crippen LogP contribution in [0.5, 0.6) is 0 Å². The Morgan fingerprint density at radius 2 is 2.13 bits per heavy atom. The number of rotatable bonds is 4. The van der Waals surface area contributed by atoms with Crippen molar-refractivity contribution in [2.24, 2.45) is 5.73 Å². The van der Waals surface area contributed by atoms with Gasteiger partial charge < -0.3 is 15.4 Å². The van der Waals surface area contributed by atoms with Gasteiger partial charge in [0.2, 0.25) is 0 Å². The average molecular weight is 212 g/mol. The summed E-state index contributed by atoms with van der Waals surface area (Å²) in [7, 11) is 0. The molecule has 4 nitrogen and oxygen atoms in total. The molecule has 0 aliphatic rings. The monoisotopic (exact) mass is 212 g/mol. The second-order valence-electron chi connectivity index (χ2n) is 4.18. The highest BCUT2D eigenvalue weighted by Gasteiger charge is 2.26. The van der Waals surface area contributed by atoms with Crippen LogP contribution in [0, 0.1) is 12.3 Å². The first kappa shape index (κ1) is 13.8. The summed E-state index contributed by atoms with van der Waals surface area (Å²) in [5.74, 6) is 2.51. The van der Waals surface area contributed by atoms with Gasteiger partial charge in [0.15, 0.2) is 0 Å². The van der Waals surface area contributed by atoms with Crippen molar-refractivity contribution in [3.63, 3.8) is 0 Å². The van der Waals surface area contributed by atoms with Crippen molar-refractivity contribution < 1.29 is 9.53 Å². The molecule has 0 aromatic rings. The minimum Gasteiger partial charge on any atom is -0.448 e. The van der Waals surface area contributed by atoms with Gasteiger partial charge in [-0.05, 0) is 20.8 Å². The SMILES string of the molecule is C#CCCN(C(=O)OCCN)C(C)(C)C. The van der Waals surface area contributed by atoms with Crippen molar-refractivity contribution in [3.8, 4) is 12.3 Å². The Balaban J connectivity index is 4.36. The third-order valence-electron chi connectivity index (χ3n) is 1.85. The fourth-order valence-corrected chi connectivity index (χ4v) is 1.10. The predicted molar refractivity (Wildman–Crippen MR) is 60.3 cm³/mol. The van der Waals surface area contributed by atoms with Crippen LogP contribution in [0.25, 0.3) is 0 Å². The minimum absolute atomic E-state index is 0.238. The zero-order chi connectivity index (χ0) is 11.9. The van der Waals surface area contributed by atoms with E-state index in [-0.39, 0.29) is 18.2 Å². The molecule has 0 unspecified atom stereocenters. The number of nitrogens with two attached hydrogens (primary N) is 1. The lowest BCUT2D eigenvalue weighted by atomic mass is 10.1. The number of hydrogen-bond donors (Lipinski definition) is 1. The van der Waals surface area contributed by atoms with E-state index in [1.165, 1.54) is 0 Å². The quantitative estimate of drug-likeness (QED) is 0.712. The van der Waals surface area contributed by atoms with Gasteiger partial charge >= 0.3 is 6.09 Å². The van der Waals surface area contributed by atoms with Crippen LogP contribution in [0.1, 0.15) is 27.2 Å². The summed E-state index contributed by atoms with van der Waals surface area (Å²) >= 11 is 0. The van der Waals surface area contributed by atoms with Crippen LogP contribution < -0.4 is 5.73 Å². The highest BCUT2D eigenvalue weighted by molar-refractivity contribution is 5.68. The lowest BCUT2D eigenvalue weighted by molar-refractivity contribution is 0.0709. The summed E-state index contributed by atoms with van der Waals surface area (Å²) in [5, 5.41) is 0. The second kappa shape index (κ2) is 6.31. The van der Waals surface area contributed by atoms with Gasteiger partial charge in [-0.25, -0.2) is 4.79 Å². The van der Waals surface area contributed by atoms with E-state index in [0.717, 1.165) is 0 Å². The molecule has 0 aliphatic carbocycles. The third kappa shape index (κ3) is 5.28. The van der Waals surface area contributed by atoms with E-state index in [4.69, 9.17) is 16.9 Å². The normalized spacial score (nSPS) is 10.6. The molecular formula is C11H20N2O2. The van der Waals surface area contributed by atoms with Crippen molar-refractivity contribution in [3.05, 3.63) is 0 Å². The van der Waals surface area contributed by atoms with Crippen LogP contribution >= 0.6 is 0 Å². The highest BCUT2D eigenvalue weighted by atomic mass is 16.6. The highest BCUT2D eigenvalue weighted by Crippen LogP contribution is 2.14. The molecule has 0 bridgehead atoms. The average Bonchev–Trinajstić information content (AvgIpc) is 2.13. The summed E-state index contributed by atoms with van der Waals surface area (Å²) in [6.07, 6.45) is 5.34. The molecule has 0 atom stereocenters. The number of hydrogen-bond acceptors (Lipinski definition) is 3. The van der Waals surface area contributed by atoms with E-state index in [2.05, 4.69) is 5.92 Å². The first-order valence-electron chi connectivity index (χ1n) is 5.01. The summed E-state index contributed by atoms with van der Waals surface area (Å²) in [4.78, 5) is 13.2. The topological polar surface area (TPSA) is 55.6 Å². The minimum atomic E-state index is -0.358. The Kier molecular flexibility index (Phi) is 5.80. The number of amides is 1. The van der Waals surface area contributed by atoms with Crippen molar-refractivity contribution in [1.29, 1.82) is 0 Å². The summed E-state index contributed by atoms with van der Waals surface area (Å²) < 4.78 is 4.97. The Labute approximate surface area is 91.8 Å². The van der Waals surface area contributed by atoms with E-state index in [0.29, 0.717) is 19.5 Å². The fourth-order valence-electron chi connectivity index (χ4n) is 1.10.